The molecule has 1 amide bonds. The molecule has 2 aromatic rings. The summed E-state index contributed by atoms with van der Waals surface area (Å²) >= 11 is 1.58. The molecular formula is C17H23N3OS. The van der Waals surface area contributed by atoms with E-state index in [9.17, 15) is 4.79 Å². The third kappa shape index (κ3) is 4.64. The first-order valence-electron chi connectivity index (χ1n) is 7.62. The Labute approximate surface area is 135 Å². The van der Waals surface area contributed by atoms with Gasteiger partial charge in [0.2, 0.25) is 5.91 Å². The molecule has 0 spiro atoms. The summed E-state index contributed by atoms with van der Waals surface area (Å²) in [6.45, 7) is 5.35. The molecule has 0 aliphatic heterocycles. The van der Waals surface area contributed by atoms with E-state index in [0.717, 1.165) is 22.7 Å². The maximum Gasteiger partial charge on any atom is 0.226 e. The van der Waals surface area contributed by atoms with Crippen molar-refractivity contribution in [2.24, 2.45) is 11.7 Å². The van der Waals surface area contributed by atoms with Crippen molar-refractivity contribution in [2.45, 2.75) is 26.7 Å². The minimum atomic E-state index is -0.00141. The molecular weight excluding hydrogens is 294 g/mol. The summed E-state index contributed by atoms with van der Waals surface area (Å²) in [5.74, 6) is 0.297. The highest BCUT2D eigenvalue weighted by Gasteiger charge is 2.10. The predicted molar refractivity (Wildman–Crippen MR) is 91.9 cm³/mol. The topological polar surface area (TPSA) is 68.0 Å². The standard InChI is InChI=1S/C17H23N3OS/c1-3-13-4-6-14(7-5-13)17-20-15(11-22-17)8-16(21)19-10-12(2)9-18/h4-7,11-12H,3,8-10,18H2,1-2H3,(H,19,21). The van der Waals surface area contributed by atoms with Gasteiger partial charge >= 0.3 is 0 Å². The molecule has 0 saturated carbocycles. The molecule has 0 aliphatic rings. The third-order valence-electron chi connectivity index (χ3n) is 3.55. The average molecular weight is 317 g/mol. The summed E-state index contributed by atoms with van der Waals surface area (Å²) in [5, 5.41) is 5.80. The molecule has 1 aromatic carbocycles. The van der Waals surface area contributed by atoms with Gasteiger partial charge in [0.05, 0.1) is 12.1 Å². The molecule has 0 bridgehead atoms. The highest BCUT2D eigenvalue weighted by molar-refractivity contribution is 7.13. The van der Waals surface area contributed by atoms with Crippen LogP contribution in [0.4, 0.5) is 0 Å². The normalized spacial score (nSPS) is 12.1. The summed E-state index contributed by atoms with van der Waals surface area (Å²) in [4.78, 5) is 16.4. The Hall–Kier alpha value is -1.72. The Kier molecular flexibility index (Phi) is 6.10. The molecule has 0 radical (unpaired) electrons. The van der Waals surface area contributed by atoms with Gasteiger partial charge < -0.3 is 11.1 Å². The molecule has 0 saturated heterocycles. The van der Waals surface area contributed by atoms with Crippen LogP contribution in [0.25, 0.3) is 10.6 Å². The molecule has 118 valence electrons. The molecule has 1 aromatic heterocycles. The van der Waals surface area contributed by atoms with Gasteiger partial charge in [0.1, 0.15) is 5.01 Å². The fraction of sp³-hybridized carbons (Fsp3) is 0.412. The van der Waals surface area contributed by atoms with Crippen molar-refractivity contribution in [2.75, 3.05) is 13.1 Å². The molecule has 3 N–H and O–H groups in total. The number of aryl methyl sites for hydroxylation is 1. The van der Waals surface area contributed by atoms with Gasteiger partial charge in [-0.3, -0.25) is 4.79 Å². The zero-order valence-electron chi connectivity index (χ0n) is 13.1. The maximum absolute atomic E-state index is 11.9. The number of carbonyl (C=O) groups is 1. The molecule has 5 heteroatoms. The minimum absolute atomic E-state index is 0.00141. The molecule has 0 aliphatic carbocycles. The van der Waals surface area contributed by atoms with Crippen molar-refractivity contribution < 1.29 is 4.79 Å². The number of hydrogen-bond donors (Lipinski definition) is 2. The summed E-state index contributed by atoms with van der Waals surface area (Å²) < 4.78 is 0. The summed E-state index contributed by atoms with van der Waals surface area (Å²) in [7, 11) is 0. The van der Waals surface area contributed by atoms with Crippen LogP contribution in [0.1, 0.15) is 25.1 Å². The first-order valence-corrected chi connectivity index (χ1v) is 8.50. The number of carbonyl (C=O) groups excluding carboxylic acids is 1. The zero-order valence-corrected chi connectivity index (χ0v) is 14.0. The highest BCUT2D eigenvalue weighted by Crippen LogP contribution is 2.24. The smallest absolute Gasteiger partial charge is 0.226 e. The van der Waals surface area contributed by atoms with Gasteiger partial charge in [-0.05, 0) is 24.4 Å². The first kappa shape index (κ1) is 16.6. The van der Waals surface area contributed by atoms with E-state index in [1.807, 2.05) is 12.3 Å². The van der Waals surface area contributed by atoms with Crippen LogP contribution in [0.5, 0.6) is 0 Å². The molecule has 1 unspecified atom stereocenters. The minimum Gasteiger partial charge on any atom is -0.355 e. The van der Waals surface area contributed by atoms with E-state index in [1.54, 1.807) is 11.3 Å². The number of rotatable bonds is 7. The predicted octanol–water partition coefficient (Wildman–Crippen LogP) is 2.63. The number of nitrogens with zero attached hydrogens (tertiary/aromatic N) is 1. The third-order valence-corrected chi connectivity index (χ3v) is 4.49. The van der Waals surface area contributed by atoms with Gasteiger partial charge in [0.25, 0.3) is 0 Å². The number of thiazole rings is 1. The SMILES string of the molecule is CCc1ccc(-c2nc(CC(=O)NCC(C)CN)cs2)cc1. The molecule has 1 atom stereocenters. The van der Waals surface area contributed by atoms with Crippen molar-refractivity contribution >= 4 is 17.2 Å². The van der Waals surface area contributed by atoms with Crippen molar-refractivity contribution in [3.05, 3.63) is 40.9 Å². The average Bonchev–Trinajstić information content (AvgIpc) is 3.01. The summed E-state index contributed by atoms with van der Waals surface area (Å²) in [5.41, 5.74) is 8.77. The Morgan fingerprint density at radius 2 is 2.09 bits per heavy atom. The molecule has 2 rings (SSSR count). The maximum atomic E-state index is 11.9. The van der Waals surface area contributed by atoms with Crippen LogP contribution in [-0.2, 0) is 17.6 Å². The van der Waals surface area contributed by atoms with Gasteiger partial charge in [-0.1, -0.05) is 38.1 Å². The fourth-order valence-electron chi connectivity index (χ4n) is 2.00. The fourth-order valence-corrected chi connectivity index (χ4v) is 2.83. The van der Waals surface area contributed by atoms with E-state index in [0.29, 0.717) is 25.4 Å². The van der Waals surface area contributed by atoms with Crippen LogP contribution < -0.4 is 11.1 Å². The van der Waals surface area contributed by atoms with Crippen molar-refractivity contribution in [3.63, 3.8) is 0 Å². The van der Waals surface area contributed by atoms with Crippen LogP contribution in [-0.4, -0.2) is 24.0 Å². The first-order chi connectivity index (χ1) is 10.6. The lowest BCUT2D eigenvalue weighted by Gasteiger charge is -2.09. The Bertz CT molecular complexity index is 607. The second-order valence-electron chi connectivity index (χ2n) is 5.52. The van der Waals surface area contributed by atoms with E-state index in [-0.39, 0.29) is 5.91 Å². The van der Waals surface area contributed by atoms with E-state index < -0.39 is 0 Å². The van der Waals surface area contributed by atoms with Crippen LogP contribution in [0.15, 0.2) is 29.6 Å². The zero-order chi connectivity index (χ0) is 15.9. The van der Waals surface area contributed by atoms with Gasteiger partial charge in [0.15, 0.2) is 0 Å². The van der Waals surface area contributed by atoms with Crippen molar-refractivity contribution in [3.8, 4) is 10.6 Å². The van der Waals surface area contributed by atoms with E-state index in [1.165, 1.54) is 5.56 Å². The quantitative estimate of drug-likeness (QED) is 0.825. The monoisotopic (exact) mass is 317 g/mol. The molecule has 4 nitrogen and oxygen atoms in total. The van der Waals surface area contributed by atoms with Crippen LogP contribution >= 0.6 is 11.3 Å². The molecule has 0 fully saturated rings. The number of benzene rings is 1. The van der Waals surface area contributed by atoms with Crippen LogP contribution in [0, 0.1) is 5.92 Å². The summed E-state index contributed by atoms with van der Waals surface area (Å²) in [6.07, 6.45) is 1.35. The number of hydrogen-bond acceptors (Lipinski definition) is 4. The highest BCUT2D eigenvalue weighted by atomic mass is 32.1. The lowest BCUT2D eigenvalue weighted by molar-refractivity contribution is -0.120. The van der Waals surface area contributed by atoms with Gasteiger partial charge in [-0.25, -0.2) is 4.98 Å². The summed E-state index contributed by atoms with van der Waals surface area (Å²) in [6, 6.07) is 8.42. The van der Waals surface area contributed by atoms with Crippen LogP contribution in [0.2, 0.25) is 0 Å². The second-order valence-corrected chi connectivity index (χ2v) is 6.37. The Balaban J connectivity index is 1.94. The number of nitrogens with two attached hydrogens (primary N) is 1. The van der Waals surface area contributed by atoms with Gasteiger partial charge in [-0.15, -0.1) is 11.3 Å². The van der Waals surface area contributed by atoms with Crippen LogP contribution in [0.3, 0.4) is 0 Å². The largest absolute Gasteiger partial charge is 0.355 e. The number of nitrogens with one attached hydrogen (secondary N) is 1. The Morgan fingerprint density at radius 3 is 2.73 bits per heavy atom. The Morgan fingerprint density at radius 1 is 1.36 bits per heavy atom. The number of aromatic nitrogens is 1. The number of amides is 1. The van der Waals surface area contributed by atoms with E-state index >= 15 is 0 Å². The van der Waals surface area contributed by atoms with E-state index in [2.05, 4.69) is 41.5 Å². The van der Waals surface area contributed by atoms with Gasteiger partial charge in [-0.2, -0.15) is 0 Å². The molecule has 22 heavy (non-hydrogen) atoms. The molecule has 1 heterocycles. The van der Waals surface area contributed by atoms with Crippen molar-refractivity contribution in [1.82, 2.24) is 10.3 Å². The van der Waals surface area contributed by atoms with Crippen molar-refractivity contribution in [1.29, 1.82) is 0 Å². The lowest BCUT2D eigenvalue weighted by Crippen LogP contribution is -2.32. The van der Waals surface area contributed by atoms with Gasteiger partial charge in [0, 0.05) is 17.5 Å². The lowest BCUT2D eigenvalue weighted by atomic mass is 10.1. The second kappa shape index (κ2) is 8.06. The van der Waals surface area contributed by atoms with E-state index in [4.69, 9.17) is 5.73 Å².